The largest absolute Gasteiger partial charge is 0.595 e. The maximum Gasteiger partial charge on any atom is 0.340 e. The summed E-state index contributed by atoms with van der Waals surface area (Å²) in [6.45, 7) is -0.172. The molecule has 10 heteroatoms. The molecule has 1 saturated heterocycles. The van der Waals surface area contributed by atoms with E-state index in [-0.39, 0.29) is 11.3 Å². The third kappa shape index (κ3) is 4.94. The molecule has 2 amide bonds. The van der Waals surface area contributed by atoms with Crippen LogP contribution in [0, 0.1) is 5.21 Å². The molecule has 0 bridgehead atoms. The van der Waals surface area contributed by atoms with Gasteiger partial charge in [-0.3, -0.25) is 9.59 Å². The van der Waals surface area contributed by atoms with E-state index in [0.717, 1.165) is 12.8 Å². The van der Waals surface area contributed by atoms with Crippen LogP contribution in [0.15, 0.2) is 18.2 Å². The second-order valence-electron chi connectivity index (χ2n) is 6.51. The Labute approximate surface area is 156 Å². The van der Waals surface area contributed by atoms with Gasteiger partial charge in [0, 0.05) is 32.8 Å². The van der Waals surface area contributed by atoms with Crippen LogP contribution in [-0.4, -0.2) is 61.2 Å². The molecule has 0 aliphatic carbocycles. The number of nitrogens with two attached hydrogens (primary N) is 1. The first-order valence-electron chi connectivity index (χ1n) is 8.53. The molecule has 0 aromatic heterocycles. The molecule has 2 atom stereocenters. The number of benzene rings is 1. The number of anilines is 1. The first kappa shape index (κ1) is 20.6. The zero-order chi connectivity index (χ0) is 20.1. The SMILES string of the molecule is CN(C)c1ccc([NH+]([O-])O)cc1C(=O)OCC(=O)N1CCCCC1C(N)=O. The van der Waals surface area contributed by atoms with Gasteiger partial charge in [0.25, 0.3) is 5.91 Å². The van der Waals surface area contributed by atoms with Crippen molar-refractivity contribution in [2.24, 2.45) is 5.73 Å². The van der Waals surface area contributed by atoms with Crippen LogP contribution in [0.2, 0.25) is 0 Å². The topological polar surface area (TPSA) is 141 Å². The van der Waals surface area contributed by atoms with Gasteiger partial charge in [0.15, 0.2) is 12.3 Å². The molecule has 0 radical (unpaired) electrons. The molecule has 2 rings (SSSR count). The van der Waals surface area contributed by atoms with E-state index in [9.17, 15) is 19.6 Å². The number of rotatable bonds is 6. The molecule has 148 valence electrons. The van der Waals surface area contributed by atoms with Gasteiger partial charge in [-0.05, 0) is 25.3 Å². The number of esters is 1. The second-order valence-corrected chi connectivity index (χ2v) is 6.51. The minimum atomic E-state index is -1.18. The zero-order valence-corrected chi connectivity index (χ0v) is 15.3. The maximum absolute atomic E-state index is 12.4. The normalized spacial score (nSPS) is 17.9. The average Bonchev–Trinajstić information content (AvgIpc) is 2.65. The van der Waals surface area contributed by atoms with Crippen LogP contribution in [0.5, 0.6) is 0 Å². The number of piperidine rings is 1. The molecular formula is C17H24N4O6. The van der Waals surface area contributed by atoms with Crippen LogP contribution in [0.1, 0.15) is 29.6 Å². The van der Waals surface area contributed by atoms with Crippen molar-refractivity contribution in [1.82, 2.24) is 4.90 Å². The van der Waals surface area contributed by atoms with Crippen LogP contribution in [-0.2, 0) is 14.3 Å². The predicted octanol–water partition coefficient (Wildman–Crippen LogP) is -0.821. The number of amides is 2. The number of ether oxygens (including phenoxy) is 1. The monoisotopic (exact) mass is 380 g/mol. The number of nitrogens with one attached hydrogen (secondary N) is 1. The molecule has 4 N–H and O–H groups in total. The Morgan fingerprint density at radius 2 is 2.07 bits per heavy atom. The van der Waals surface area contributed by atoms with E-state index in [0.29, 0.717) is 18.7 Å². The lowest BCUT2D eigenvalue weighted by atomic mass is 10.0. The van der Waals surface area contributed by atoms with E-state index in [4.69, 9.17) is 15.7 Å². The Morgan fingerprint density at radius 3 is 2.67 bits per heavy atom. The van der Waals surface area contributed by atoms with E-state index in [1.54, 1.807) is 19.0 Å². The molecule has 0 spiro atoms. The highest BCUT2D eigenvalue weighted by Gasteiger charge is 2.31. The third-order valence-electron chi connectivity index (χ3n) is 4.42. The molecule has 1 aromatic carbocycles. The summed E-state index contributed by atoms with van der Waals surface area (Å²) in [5.41, 5.74) is 5.78. The van der Waals surface area contributed by atoms with Crippen LogP contribution >= 0.6 is 0 Å². The molecule has 2 unspecified atom stereocenters. The quantitative estimate of drug-likeness (QED) is 0.432. The average molecular weight is 380 g/mol. The minimum Gasteiger partial charge on any atom is -0.595 e. The summed E-state index contributed by atoms with van der Waals surface area (Å²) in [6.07, 6.45) is 2.03. The van der Waals surface area contributed by atoms with Gasteiger partial charge >= 0.3 is 5.97 Å². The molecule has 0 saturated carbocycles. The van der Waals surface area contributed by atoms with E-state index in [1.165, 1.54) is 23.1 Å². The molecule has 1 aliphatic rings. The fraction of sp³-hybridized carbons (Fsp3) is 0.471. The molecule has 1 aromatic rings. The van der Waals surface area contributed by atoms with Gasteiger partial charge in [-0.1, -0.05) is 0 Å². The summed E-state index contributed by atoms with van der Waals surface area (Å²) >= 11 is 0. The van der Waals surface area contributed by atoms with Gasteiger partial charge in [0.2, 0.25) is 5.91 Å². The predicted molar refractivity (Wildman–Crippen MR) is 95.4 cm³/mol. The van der Waals surface area contributed by atoms with Crippen LogP contribution < -0.4 is 15.9 Å². The second kappa shape index (κ2) is 8.80. The first-order valence-corrected chi connectivity index (χ1v) is 8.53. The number of primary amides is 1. The molecule has 10 nitrogen and oxygen atoms in total. The number of nitrogens with zero attached hydrogens (tertiary/aromatic N) is 2. The molecule has 1 fully saturated rings. The zero-order valence-electron chi connectivity index (χ0n) is 15.3. The molecule has 1 heterocycles. The Balaban J connectivity index is 2.11. The lowest BCUT2D eigenvalue weighted by Gasteiger charge is -2.33. The fourth-order valence-electron chi connectivity index (χ4n) is 3.04. The van der Waals surface area contributed by atoms with E-state index in [2.05, 4.69) is 0 Å². The van der Waals surface area contributed by atoms with Gasteiger partial charge in [0.1, 0.15) is 6.04 Å². The third-order valence-corrected chi connectivity index (χ3v) is 4.42. The Bertz CT molecular complexity index is 721. The fourth-order valence-corrected chi connectivity index (χ4v) is 3.04. The van der Waals surface area contributed by atoms with Crippen molar-refractivity contribution >= 4 is 29.2 Å². The van der Waals surface area contributed by atoms with Crippen molar-refractivity contribution in [3.8, 4) is 0 Å². The summed E-state index contributed by atoms with van der Waals surface area (Å²) < 4.78 is 5.09. The van der Waals surface area contributed by atoms with Gasteiger partial charge in [-0.25, -0.2) is 10.0 Å². The summed E-state index contributed by atoms with van der Waals surface area (Å²) in [5.74, 6) is -1.91. The number of carbonyl (C=O) groups is 3. The first-order chi connectivity index (χ1) is 12.7. The van der Waals surface area contributed by atoms with Crippen molar-refractivity contribution in [3.05, 3.63) is 29.0 Å². The summed E-state index contributed by atoms with van der Waals surface area (Å²) in [6, 6.07) is 3.38. The summed E-state index contributed by atoms with van der Waals surface area (Å²) in [7, 11) is 3.39. The van der Waals surface area contributed by atoms with Crippen molar-refractivity contribution in [2.75, 3.05) is 32.1 Å². The van der Waals surface area contributed by atoms with Gasteiger partial charge in [-0.15, -0.1) is 0 Å². The number of quaternary nitrogens is 1. The molecule has 1 aliphatic heterocycles. The van der Waals surface area contributed by atoms with E-state index >= 15 is 0 Å². The number of likely N-dealkylation sites (tertiary alicyclic amines) is 1. The number of carbonyl (C=O) groups excluding carboxylic acids is 3. The van der Waals surface area contributed by atoms with Crippen LogP contribution in [0.3, 0.4) is 0 Å². The number of hydrogen-bond donors (Lipinski definition) is 3. The smallest absolute Gasteiger partial charge is 0.340 e. The summed E-state index contributed by atoms with van der Waals surface area (Å²) in [5, 5.41) is 19.1. The van der Waals surface area contributed by atoms with Crippen molar-refractivity contribution in [3.63, 3.8) is 0 Å². The molecular weight excluding hydrogens is 356 g/mol. The van der Waals surface area contributed by atoms with Crippen molar-refractivity contribution < 1.29 is 29.6 Å². The van der Waals surface area contributed by atoms with Gasteiger partial charge in [0.05, 0.1) is 11.3 Å². The minimum absolute atomic E-state index is 0.0396. The lowest BCUT2D eigenvalue weighted by Crippen LogP contribution is -2.99. The number of hydrogen-bond acceptors (Lipinski definition) is 7. The lowest BCUT2D eigenvalue weighted by molar-refractivity contribution is -0.991. The van der Waals surface area contributed by atoms with Gasteiger partial charge in [-0.2, -0.15) is 5.23 Å². The van der Waals surface area contributed by atoms with Gasteiger partial charge < -0.3 is 25.5 Å². The molecule has 27 heavy (non-hydrogen) atoms. The summed E-state index contributed by atoms with van der Waals surface area (Å²) in [4.78, 5) is 39.3. The highest BCUT2D eigenvalue weighted by Crippen LogP contribution is 2.22. The van der Waals surface area contributed by atoms with Crippen LogP contribution in [0.25, 0.3) is 0 Å². The van der Waals surface area contributed by atoms with E-state index in [1.807, 2.05) is 0 Å². The highest BCUT2D eigenvalue weighted by atomic mass is 16.8. The van der Waals surface area contributed by atoms with E-state index < -0.39 is 35.7 Å². The standard InChI is InChI=1S/C17H24N4O6/c1-19(2)13-7-6-11(21(25)26)9-12(13)17(24)27-10-15(22)20-8-4-3-5-14(20)16(18)23/h6-7,9,14,21,25H,3-5,8,10H2,1-2H3,(H2,18,23). The van der Waals surface area contributed by atoms with Crippen molar-refractivity contribution in [2.45, 2.75) is 25.3 Å². The Kier molecular flexibility index (Phi) is 6.72. The maximum atomic E-state index is 12.4. The Morgan fingerprint density at radius 1 is 1.37 bits per heavy atom. The van der Waals surface area contributed by atoms with Crippen LogP contribution in [0.4, 0.5) is 11.4 Å². The highest BCUT2D eigenvalue weighted by molar-refractivity contribution is 5.98. The Hall–Kier alpha value is -2.69. The van der Waals surface area contributed by atoms with Crippen molar-refractivity contribution in [1.29, 1.82) is 0 Å².